The molecule has 29 heavy (non-hydrogen) atoms. The smallest absolute Gasteiger partial charge is 0.387 e. The highest BCUT2D eigenvalue weighted by atomic mass is 127. The van der Waals surface area contributed by atoms with Gasteiger partial charge in [-0.2, -0.15) is 8.78 Å². The van der Waals surface area contributed by atoms with E-state index in [9.17, 15) is 8.78 Å². The fraction of sp³-hybridized carbons (Fsp3) is 0.650. The van der Waals surface area contributed by atoms with Crippen molar-refractivity contribution in [1.29, 1.82) is 0 Å². The second-order valence-corrected chi connectivity index (χ2v) is 7.27. The van der Waals surface area contributed by atoms with Crippen molar-refractivity contribution in [2.45, 2.75) is 27.0 Å². The van der Waals surface area contributed by atoms with E-state index in [0.717, 1.165) is 45.8 Å². The zero-order valence-electron chi connectivity index (χ0n) is 17.5. The van der Waals surface area contributed by atoms with Crippen molar-refractivity contribution in [2.24, 2.45) is 10.9 Å². The lowest BCUT2D eigenvalue weighted by molar-refractivity contribution is -0.0504. The molecule has 0 bridgehead atoms. The van der Waals surface area contributed by atoms with Crippen LogP contribution in [0, 0.1) is 5.92 Å². The molecule has 166 valence electrons. The molecule has 1 aromatic rings. The van der Waals surface area contributed by atoms with Crippen LogP contribution in [0.5, 0.6) is 5.75 Å². The maximum atomic E-state index is 12.6. The molecule has 2 N–H and O–H groups in total. The molecule has 9 heteroatoms. The Hall–Kier alpha value is -1.20. The van der Waals surface area contributed by atoms with Crippen molar-refractivity contribution >= 4 is 29.9 Å². The Bertz CT molecular complexity index is 612. The largest absolute Gasteiger partial charge is 0.434 e. The number of likely N-dealkylation sites (N-methyl/N-ethyl adjacent to an activating group) is 1. The maximum absolute atomic E-state index is 12.6. The number of halogens is 3. The summed E-state index contributed by atoms with van der Waals surface area (Å²) >= 11 is 0. The van der Waals surface area contributed by atoms with Crippen molar-refractivity contribution in [3.63, 3.8) is 0 Å². The van der Waals surface area contributed by atoms with Gasteiger partial charge in [-0.3, -0.25) is 0 Å². The Morgan fingerprint density at radius 3 is 2.52 bits per heavy atom. The highest BCUT2D eigenvalue weighted by Crippen LogP contribution is 2.20. The van der Waals surface area contributed by atoms with Gasteiger partial charge in [-0.15, -0.1) is 24.0 Å². The number of ether oxygens (including phenoxy) is 1. The van der Waals surface area contributed by atoms with Gasteiger partial charge in [0.05, 0.1) is 6.54 Å². The summed E-state index contributed by atoms with van der Waals surface area (Å²) < 4.78 is 29.7. The van der Waals surface area contributed by atoms with Crippen molar-refractivity contribution < 1.29 is 13.5 Å². The predicted molar refractivity (Wildman–Crippen MR) is 124 cm³/mol. The summed E-state index contributed by atoms with van der Waals surface area (Å²) in [5.74, 6) is 1.32. The lowest BCUT2D eigenvalue weighted by atomic mass is 10.1. The van der Waals surface area contributed by atoms with Crippen LogP contribution >= 0.6 is 24.0 Å². The van der Waals surface area contributed by atoms with Crippen molar-refractivity contribution in [3.05, 3.63) is 29.8 Å². The van der Waals surface area contributed by atoms with E-state index in [4.69, 9.17) is 0 Å². The molecule has 0 aliphatic carbocycles. The van der Waals surface area contributed by atoms with Crippen LogP contribution in [0.3, 0.4) is 0 Å². The number of alkyl halides is 2. The van der Waals surface area contributed by atoms with Crippen LogP contribution in [0.2, 0.25) is 0 Å². The molecule has 1 atom stereocenters. The van der Waals surface area contributed by atoms with Gasteiger partial charge in [0.25, 0.3) is 0 Å². The average molecular weight is 525 g/mol. The van der Waals surface area contributed by atoms with E-state index in [2.05, 4.69) is 44.1 Å². The summed E-state index contributed by atoms with van der Waals surface area (Å²) in [5.41, 5.74) is 0.630. The van der Waals surface area contributed by atoms with Gasteiger partial charge >= 0.3 is 6.61 Å². The second kappa shape index (κ2) is 13.9. The van der Waals surface area contributed by atoms with E-state index < -0.39 is 6.61 Å². The Labute approximate surface area is 190 Å². The minimum absolute atomic E-state index is 0. The number of nitrogens with one attached hydrogen (secondary N) is 2. The van der Waals surface area contributed by atoms with Crippen LogP contribution in [-0.4, -0.2) is 75.2 Å². The van der Waals surface area contributed by atoms with Crippen LogP contribution in [0.4, 0.5) is 8.78 Å². The highest BCUT2D eigenvalue weighted by Gasteiger charge is 2.16. The monoisotopic (exact) mass is 525 g/mol. The summed E-state index contributed by atoms with van der Waals surface area (Å²) in [6.07, 6.45) is 0. The molecule has 0 radical (unpaired) electrons. The summed E-state index contributed by atoms with van der Waals surface area (Å²) in [6.45, 7) is 8.67. The Balaban J connectivity index is 0.00000420. The topological polar surface area (TPSA) is 52.1 Å². The number of nitrogens with zero attached hydrogens (tertiary/aromatic N) is 3. The number of aliphatic imine (C=N–C) groups is 1. The predicted octanol–water partition coefficient (Wildman–Crippen LogP) is 2.84. The summed E-state index contributed by atoms with van der Waals surface area (Å²) in [7, 11) is 2.16. The van der Waals surface area contributed by atoms with E-state index in [0.29, 0.717) is 17.4 Å². The summed E-state index contributed by atoms with van der Waals surface area (Å²) in [4.78, 5) is 9.38. The van der Waals surface area contributed by atoms with Crippen LogP contribution in [0.15, 0.2) is 29.3 Å². The van der Waals surface area contributed by atoms with Gasteiger partial charge in [-0.05, 0) is 26.0 Å². The summed E-state index contributed by atoms with van der Waals surface area (Å²) in [5, 5.41) is 6.57. The van der Waals surface area contributed by atoms with Gasteiger partial charge in [-0.1, -0.05) is 25.1 Å². The molecule has 0 aromatic heterocycles. The number of guanidine groups is 1. The molecule has 2 rings (SSSR count). The Morgan fingerprint density at radius 1 is 1.17 bits per heavy atom. The third-order valence-electron chi connectivity index (χ3n) is 4.72. The molecule has 1 unspecified atom stereocenters. The van der Waals surface area contributed by atoms with Crippen LogP contribution in [0.1, 0.15) is 19.4 Å². The van der Waals surface area contributed by atoms with Gasteiger partial charge in [-0.25, -0.2) is 4.99 Å². The van der Waals surface area contributed by atoms with E-state index in [1.165, 1.54) is 6.07 Å². The quantitative estimate of drug-likeness (QED) is 0.295. The minimum atomic E-state index is -2.84. The van der Waals surface area contributed by atoms with Gasteiger partial charge in [0.2, 0.25) is 0 Å². The zero-order chi connectivity index (χ0) is 20.4. The second-order valence-electron chi connectivity index (χ2n) is 7.27. The fourth-order valence-electron chi connectivity index (χ4n) is 3.16. The minimum Gasteiger partial charge on any atom is -0.434 e. The molecule has 0 saturated carbocycles. The van der Waals surface area contributed by atoms with Crippen LogP contribution < -0.4 is 15.4 Å². The molecule has 1 aliphatic rings. The van der Waals surface area contributed by atoms with Gasteiger partial charge < -0.3 is 25.2 Å². The average Bonchev–Trinajstić information content (AvgIpc) is 2.66. The molecule has 1 fully saturated rings. The number of piperazine rings is 1. The van der Waals surface area contributed by atoms with Gasteiger partial charge in [0, 0.05) is 51.4 Å². The molecule has 0 spiro atoms. The first-order chi connectivity index (χ1) is 13.5. The molecule has 6 nitrogen and oxygen atoms in total. The van der Waals surface area contributed by atoms with Crippen LogP contribution in [-0.2, 0) is 6.54 Å². The van der Waals surface area contributed by atoms with E-state index >= 15 is 0 Å². The lowest BCUT2D eigenvalue weighted by Crippen LogP contribution is -2.47. The molecule has 1 aliphatic heterocycles. The number of hydrogen-bond donors (Lipinski definition) is 2. The fourth-order valence-corrected chi connectivity index (χ4v) is 3.16. The van der Waals surface area contributed by atoms with Crippen molar-refractivity contribution in [3.8, 4) is 5.75 Å². The van der Waals surface area contributed by atoms with Crippen LogP contribution in [0.25, 0.3) is 0 Å². The Morgan fingerprint density at radius 2 is 1.86 bits per heavy atom. The molecular formula is C20H34F2IN5O. The number of para-hydroxylation sites is 1. The van der Waals surface area contributed by atoms with Crippen molar-refractivity contribution in [1.82, 2.24) is 20.4 Å². The SMILES string of the molecule is CCNC(=NCc1ccccc1OC(F)F)NCC(C)CN1CCN(C)CC1.I. The van der Waals surface area contributed by atoms with Gasteiger partial charge in [0.15, 0.2) is 5.96 Å². The highest BCUT2D eigenvalue weighted by molar-refractivity contribution is 14.0. The molecular weight excluding hydrogens is 491 g/mol. The molecule has 1 saturated heterocycles. The third kappa shape index (κ3) is 9.90. The molecule has 1 heterocycles. The number of benzene rings is 1. The first-order valence-corrected chi connectivity index (χ1v) is 9.93. The Kier molecular flexibility index (Phi) is 12.4. The summed E-state index contributed by atoms with van der Waals surface area (Å²) in [6, 6.07) is 6.76. The van der Waals surface area contributed by atoms with E-state index in [1.807, 2.05) is 6.92 Å². The zero-order valence-corrected chi connectivity index (χ0v) is 19.9. The normalized spacial score (nSPS) is 17.0. The first kappa shape index (κ1) is 25.8. The molecule has 1 aromatic carbocycles. The molecule has 0 amide bonds. The van der Waals surface area contributed by atoms with Gasteiger partial charge in [0.1, 0.15) is 5.75 Å². The lowest BCUT2D eigenvalue weighted by Gasteiger charge is -2.34. The standard InChI is InChI=1S/C20H33F2N5O.HI/c1-4-23-20(24-13-16(2)15-27-11-9-26(3)10-12-27)25-14-17-7-5-6-8-18(17)28-19(21)22;/h5-8,16,19H,4,9-15H2,1-3H3,(H2,23,24,25);1H. The number of hydrogen-bond acceptors (Lipinski definition) is 4. The first-order valence-electron chi connectivity index (χ1n) is 9.93. The third-order valence-corrected chi connectivity index (χ3v) is 4.72. The number of rotatable bonds is 9. The van der Waals surface area contributed by atoms with E-state index in [-0.39, 0.29) is 36.3 Å². The maximum Gasteiger partial charge on any atom is 0.387 e. The van der Waals surface area contributed by atoms with E-state index in [1.54, 1.807) is 18.2 Å². The van der Waals surface area contributed by atoms with Crippen molar-refractivity contribution in [2.75, 3.05) is 52.9 Å².